The van der Waals surface area contributed by atoms with Gasteiger partial charge < -0.3 is 5.32 Å². The summed E-state index contributed by atoms with van der Waals surface area (Å²) in [6.07, 6.45) is 3.26. The van der Waals surface area contributed by atoms with Crippen LogP contribution >= 0.6 is 11.8 Å². The number of nitrogens with one attached hydrogen (secondary N) is 1. The Labute approximate surface area is 131 Å². The number of nitrogens with zero attached hydrogens (tertiary/aromatic N) is 2. The summed E-state index contributed by atoms with van der Waals surface area (Å²) in [5, 5.41) is 14.1. The molecule has 1 N–H and O–H groups in total. The Kier molecular flexibility index (Phi) is 7.53. The average Bonchev–Trinajstić information content (AvgIpc) is 2.45. The third-order valence-corrected chi connectivity index (χ3v) is 4.19. The number of thioether (sulfide) groups is 1. The summed E-state index contributed by atoms with van der Waals surface area (Å²) >= 11 is 1.86. The van der Waals surface area contributed by atoms with Crippen molar-refractivity contribution in [3.8, 4) is 0 Å². The number of hydrogen-bond donors (Lipinski definition) is 1. The second-order valence-corrected chi connectivity index (χ2v) is 6.17. The SMILES string of the molecule is CCNc1cc(CN(C)C(C)CCSC)ccc1[N+](=O)[O-]. The molecule has 0 spiro atoms. The second kappa shape index (κ2) is 8.89. The summed E-state index contributed by atoms with van der Waals surface area (Å²) in [6, 6.07) is 5.82. The first kappa shape index (κ1) is 17.8. The van der Waals surface area contributed by atoms with Gasteiger partial charge in [-0.15, -0.1) is 0 Å². The minimum atomic E-state index is -0.341. The highest BCUT2D eigenvalue weighted by molar-refractivity contribution is 7.98. The summed E-state index contributed by atoms with van der Waals surface area (Å²) in [6.45, 7) is 5.62. The molecule has 5 nitrogen and oxygen atoms in total. The molecule has 1 atom stereocenters. The molecule has 1 aromatic carbocycles. The molecule has 0 amide bonds. The fourth-order valence-corrected chi connectivity index (χ4v) is 2.70. The Balaban J connectivity index is 2.79. The first-order valence-electron chi connectivity index (χ1n) is 7.20. The van der Waals surface area contributed by atoms with E-state index in [4.69, 9.17) is 0 Å². The molecule has 0 fully saturated rings. The third kappa shape index (κ3) is 5.55. The molecule has 1 aromatic rings. The summed E-state index contributed by atoms with van der Waals surface area (Å²) < 4.78 is 0. The molecule has 0 bridgehead atoms. The number of nitro benzene ring substituents is 1. The molecule has 0 aliphatic carbocycles. The van der Waals surface area contributed by atoms with Crippen LogP contribution in [0.3, 0.4) is 0 Å². The summed E-state index contributed by atoms with van der Waals surface area (Å²) in [5.41, 5.74) is 1.83. The second-order valence-electron chi connectivity index (χ2n) is 5.18. The Hall–Kier alpha value is -1.27. The standard InChI is InChI=1S/C15H25N3O2S/c1-5-16-14-10-13(6-7-15(14)18(19)20)11-17(3)12(2)8-9-21-4/h6-7,10,12,16H,5,8-9,11H2,1-4H3. The molecule has 6 heteroatoms. The zero-order chi connectivity index (χ0) is 15.8. The van der Waals surface area contributed by atoms with Crippen LogP contribution < -0.4 is 5.32 Å². The van der Waals surface area contributed by atoms with Crippen molar-refractivity contribution in [2.45, 2.75) is 32.9 Å². The molecule has 1 unspecified atom stereocenters. The van der Waals surface area contributed by atoms with E-state index in [1.54, 1.807) is 6.07 Å². The van der Waals surface area contributed by atoms with Crippen molar-refractivity contribution in [3.05, 3.63) is 33.9 Å². The van der Waals surface area contributed by atoms with Gasteiger partial charge in [-0.05, 0) is 51.0 Å². The Morgan fingerprint density at radius 2 is 2.19 bits per heavy atom. The fourth-order valence-electron chi connectivity index (χ4n) is 2.13. The van der Waals surface area contributed by atoms with E-state index in [0.29, 0.717) is 18.3 Å². The quantitative estimate of drug-likeness (QED) is 0.558. The Morgan fingerprint density at radius 3 is 2.76 bits per heavy atom. The lowest BCUT2D eigenvalue weighted by Crippen LogP contribution is -2.29. The van der Waals surface area contributed by atoms with Crippen molar-refractivity contribution in [3.63, 3.8) is 0 Å². The molecule has 0 heterocycles. The van der Waals surface area contributed by atoms with Gasteiger partial charge in [0.25, 0.3) is 5.69 Å². The molecular formula is C15H25N3O2S. The van der Waals surface area contributed by atoms with E-state index in [1.165, 1.54) is 0 Å². The van der Waals surface area contributed by atoms with Crippen molar-refractivity contribution in [1.82, 2.24) is 4.90 Å². The predicted molar refractivity (Wildman–Crippen MR) is 91.2 cm³/mol. The maximum atomic E-state index is 11.0. The van der Waals surface area contributed by atoms with E-state index >= 15 is 0 Å². The Morgan fingerprint density at radius 1 is 1.48 bits per heavy atom. The molecule has 0 radical (unpaired) electrons. The lowest BCUT2D eigenvalue weighted by molar-refractivity contribution is -0.384. The van der Waals surface area contributed by atoms with E-state index in [0.717, 1.165) is 24.3 Å². The molecule has 0 saturated heterocycles. The van der Waals surface area contributed by atoms with Gasteiger partial charge in [-0.1, -0.05) is 6.07 Å². The third-order valence-electron chi connectivity index (χ3n) is 3.55. The van der Waals surface area contributed by atoms with Gasteiger partial charge in [0.2, 0.25) is 0 Å². The topological polar surface area (TPSA) is 58.4 Å². The molecule has 118 valence electrons. The number of hydrogen-bond acceptors (Lipinski definition) is 5. The zero-order valence-electron chi connectivity index (χ0n) is 13.3. The first-order chi connectivity index (χ1) is 9.99. The van der Waals surface area contributed by atoms with Gasteiger partial charge in [0.1, 0.15) is 5.69 Å². The van der Waals surface area contributed by atoms with Gasteiger partial charge in [0.05, 0.1) is 4.92 Å². The highest BCUT2D eigenvalue weighted by Crippen LogP contribution is 2.26. The van der Waals surface area contributed by atoms with Crippen molar-refractivity contribution >= 4 is 23.1 Å². The van der Waals surface area contributed by atoms with Crippen molar-refractivity contribution in [1.29, 1.82) is 0 Å². The number of rotatable bonds is 9. The smallest absolute Gasteiger partial charge is 0.292 e. The van der Waals surface area contributed by atoms with Crippen LogP contribution in [0.2, 0.25) is 0 Å². The largest absolute Gasteiger partial charge is 0.380 e. The highest BCUT2D eigenvalue weighted by atomic mass is 32.2. The van der Waals surface area contributed by atoms with Crippen LogP contribution in [0.1, 0.15) is 25.8 Å². The van der Waals surface area contributed by atoms with Crippen LogP contribution in [0.4, 0.5) is 11.4 Å². The molecule has 0 saturated carbocycles. The van der Waals surface area contributed by atoms with Crippen LogP contribution in [0.25, 0.3) is 0 Å². The number of nitro groups is 1. The van der Waals surface area contributed by atoms with E-state index in [9.17, 15) is 10.1 Å². The molecular weight excluding hydrogens is 286 g/mol. The average molecular weight is 311 g/mol. The maximum absolute atomic E-state index is 11.0. The van der Waals surface area contributed by atoms with Gasteiger partial charge in [-0.25, -0.2) is 0 Å². The zero-order valence-corrected chi connectivity index (χ0v) is 14.1. The minimum absolute atomic E-state index is 0.138. The van der Waals surface area contributed by atoms with Crippen LogP contribution in [0.5, 0.6) is 0 Å². The Bertz CT molecular complexity index is 468. The first-order valence-corrected chi connectivity index (χ1v) is 8.59. The monoisotopic (exact) mass is 311 g/mol. The molecule has 0 aliphatic rings. The minimum Gasteiger partial charge on any atom is -0.380 e. The molecule has 0 aromatic heterocycles. The van der Waals surface area contributed by atoms with E-state index in [-0.39, 0.29) is 10.6 Å². The molecule has 21 heavy (non-hydrogen) atoms. The summed E-state index contributed by atoms with van der Waals surface area (Å²) in [7, 11) is 2.10. The molecule has 0 aliphatic heterocycles. The van der Waals surface area contributed by atoms with Gasteiger partial charge >= 0.3 is 0 Å². The fraction of sp³-hybridized carbons (Fsp3) is 0.600. The summed E-state index contributed by atoms with van der Waals surface area (Å²) in [4.78, 5) is 13.0. The lowest BCUT2D eigenvalue weighted by atomic mass is 10.1. The lowest BCUT2D eigenvalue weighted by Gasteiger charge is -2.24. The summed E-state index contributed by atoms with van der Waals surface area (Å²) in [5.74, 6) is 1.15. The van der Waals surface area contributed by atoms with Crippen molar-refractivity contribution in [2.24, 2.45) is 0 Å². The van der Waals surface area contributed by atoms with E-state index in [1.807, 2.05) is 30.8 Å². The van der Waals surface area contributed by atoms with Crippen molar-refractivity contribution in [2.75, 3.05) is 30.9 Å². The van der Waals surface area contributed by atoms with E-state index in [2.05, 4.69) is 30.4 Å². The van der Waals surface area contributed by atoms with Crippen LogP contribution in [0, 0.1) is 10.1 Å². The predicted octanol–water partition coefficient (Wildman–Crippen LogP) is 3.60. The maximum Gasteiger partial charge on any atom is 0.292 e. The van der Waals surface area contributed by atoms with Crippen LogP contribution in [-0.4, -0.2) is 41.5 Å². The molecule has 1 rings (SSSR count). The van der Waals surface area contributed by atoms with Crippen molar-refractivity contribution < 1.29 is 4.92 Å². The van der Waals surface area contributed by atoms with Gasteiger partial charge in [0, 0.05) is 25.2 Å². The highest BCUT2D eigenvalue weighted by Gasteiger charge is 2.15. The van der Waals surface area contributed by atoms with Crippen LogP contribution in [-0.2, 0) is 6.54 Å². The normalized spacial score (nSPS) is 12.4. The van der Waals surface area contributed by atoms with Crippen LogP contribution in [0.15, 0.2) is 18.2 Å². The van der Waals surface area contributed by atoms with Gasteiger partial charge in [-0.2, -0.15) is 11.8 Å². The van der Waals surface area contributed by atoms with E-state index < -0.39 is 0 Å². The number of anilines is 1. The van der Waals surface area contributed by atoms with Gasteiger partial charge in [-0.3, -0.25) is 15.0 Å². The number of benzene rings is 1. The van der Waals surface area contributed by atoms with Gasteiger partial charge in [0.15, 0.2) is 0 Å².